The maximum absolute atomic E-state index is 14.1. The van der Waals surface area contributed by atoms with Crippen LogP contribution in [0.1, 0.15) is 52.5 Å². The third-order valence-electron chi connectivity index (χ3n) is 10.0. The molecule has 2 heterocycles. The van der Waals surface area contributed by atoms with Gasteiger partial charge in [-0.3, -0.25) is 14.4 Å². The molecule has 0 saturated carbocycles. The number of benzene rings is 1. The maximum atomic E-state index is 14.1. The van der Waals surface area contributed by atoms with Crippen LogP contribution in [0.25, 0.3) is 10.4 Å². The molecule has 1 saturated heterocycles. The van der Waals surface area contributed by atoms with Crippen molar-refractivity contribution in [2.75, 3.05) is 53.0 Å². The summed E-state index contributed by atoms with van der Waals surface area (Å²) in [5, 5.41) is 3.60. The SMILES string of the molecule is COc1cc2cc(c1Cl)N(C)C(=O)CC(OC(=O)[C@H](C)N(C)C(=O)CCOCCN=[N+]=[N-])[C@@]1(C)OC1[C@H](C)C(OC=O)CC(N)C(OC)/C=C/C=C(\C)C2. The zero-order chi connectivity index (χ0) is 40.2. The molecular formula is C37H53ClN6O10. The van der Waals surface area contributed by atoms with Crippen LogP contribution in [0.3, 0.4) is 0 Å². The highest BCUT2D eigenvalue weighted by atomic mass is 35.5. The average molecular weight is 777 g/mol. The van der Waals surface area contributed by atoms with E-state index in [4.69, 9.17) is 51.3 Å². The van der Waals surface area contributed by atoms with Gasteiger partial charge in [0.15, 0.2) is 0 Å². The molecule has 1 aromatic rings. The Morgan fingerprint density at radius 1 is 1.30 bits per heavy atom. The van der Waals surface area contributed by atoms with Crippen LogP contribution in [-0.2, 0) is 49.3 Å². The van der Waals surface area contributed by atoms with Gasteiger partial charge in [0.05, 0.1) is 51.1 Å². The second kappa shape index (κ2) is 20.5. The molecule has 0 spiro atoms. The summed E-state index contributed by atoms with van der Waals surface area (Å²) in [5.41, 5.74) is 16.0. The predicted molar refractivity (Wildman–Crippen MR) is 201 cm³/mol. The van der Waals surface area contributed by atoms with Gasteiger partial charge < -0.3 is 44.0 Å². The van der Waals surface area contributed by atoms with Crippen molar-refractivity contribution in [2.45, 2.75) is 95.5 Å². The van der Waals surface area contributed by atoms with Crippen LogP contribution in [0.5, 0.6) is 5.75 Å². The van der Waals surface area contributed by atoms with Crippen molar-refractivity contribution < 1.29 is 47.6 Å². The van der Waals surface area contributed by atoms with Gasteiger partial charge in [0, 0.05) is 51.0 Å². The second-order valence-electron chi connectivity index (χ2n) is 13.7. The topological polar surface area (TPSA) is 208 Å². The molecule has 2 amide bonds. The number of methoxy groups -OCH3 is 2. The number of halogens is 1. The number of likely N-dealkylation sites (N-methyl/N-ethyl adjacent to an activating group) is 1. The quantitative estimate of drug-likeness (QED) is 0.0568. The number of epoxide rings is 1. The van der Waals surface area contributed by atoms with Crippen molar-refractivity contribution in [1.82, 2.24) is 4.90 Å². The lowest BCUT2D eigenvalue weighted by Gasteiger charge is -2.30. The van der Waals surface area contributed by atoms with Crippen molar-refractivity contribution in [1.29, 1.82) is 0 Å². The first-order valence-corrected chi connectivity index (χ1v) is 18.1. The molecule has 16 nitrogen and oxygen atoms in total. The van der Waals surface area contributed by atoms with Crippen LogP contribution < -0.4 is 15.4 Å². The first-order chi connectivity index (χ1) is 25.6. The van der Waals surface area contributed by atoms with E-state index in [2.05, 4.69) is 10.0 Å². The molecule has 5 unspecified atom stereocenters. The molecule has 17 heteroatoms. The van der Waals surface area contributed by atoms with Crippen LogP contribution >= 0.6 is 11.6 Å². The van der Waals surface area contributed by atoms with E-state index in [0.717, 1.165) is 11.1 Å². The van der Waals surface area contributed by atoms with Gasteiger partial charge in [-0.2, -0.15) is 0 Å². The Kier molecular flexibility index (Phi) is 16.8. The van der Waals surface area contributed by atoms with E-state index in [1.165, 1.54) is 30.9 Å². The van der Waals surface area contributed by atoms with Gasteiger partial charge in [-0.1, -0.05) is 47.4 Å². The van der Waals surface area contributed by atoms with Gasteiger partial charge in [0.2, 0.25) is 11.8 Å². The first-order valence-electron chi connectivity index (χ1n) is 17.7. The van der Waals surface area contributed by atoms with Crippen molar-refractivity contribution in [2.24, 2.45) is 16.8 Å². The number of nitrogens with zero attached hydrogens (tertiary/aromatic N) is 5. The monoisotopic (exact) mass is 776 g/mol. The number of esters is 1. The number of hydrogen-bond donors (Lipinski definition) is 1. The van der Waals surface area contributed by atoms with Crippen LogP contribution in [-0.4, -0.2) is 119 Å². The summed E-state index contributed by atoms with van der Waals surface area (Å²) >= 11 is 6.75. The average Bonchev–Trinajstić information content (AvgIpc) is 3.85. The van der Waals surface area contributed by atoms with E-state index in [9.17, 15) is 19.2 Å². The molecule has 0 aliphatic carbocycles. The molecule has 1 fully saturated rings. The van der Waals surface area contributed by atoms with E-state index >= 15 is 0 Å². The highest BCUT2D eigenvalue weighted by Gasteiger charge is 2.63. The highest BCUT2D eigenvalue weighted by Crippen LogP contribution is 2.48. The molecule has 0 radical (unpaired) electrons. The van der Waals surface area contributed by atoms with Crippen molar-refractivity contribution in [3.63, 3.8) is 0 Å². The first kappa shape index (κ1) is 44.2. The molecule has 54 heavy (non-hydrogen) atoms. The Hall–Kier alpha value is -4.18. The Bertz CT molecular complexity index is 1600. The van der Waals surface area contributed by atoms with Crippen molar-refractivity contribution in [3.8, 4) is 5.75 Å². The van der Waals surface area contributed by atoms with Crippen LogP contribution in [0.15, 0.2) is 41.0 Å². The minimum absolute atomic E-state index is 0.0317. The highest BCUT2D eigenvalue weighted by molar-refractivity contribution is 6.35. The largest absolute Gasteiger partial charge is 0.495 e. The van der Waals surface area contributed by atoms with Gasteiger partial charge >= 0.3 is 5.97 Å². The van der Waals surface area contributed by atoms with Crippen LogP contribution in [0, 0.1) is 5.92 Å². The summed E-state index contributed by atoms with van der Waals surface area (Å²) in [7, 11) is 6.07. The number of ether oxygens (including phenoxy) is 6. The van der Waals surface area contributed by atoms with E-state index < -0.39 is 59.9 Å². The molecule has 8 atom stereocenters. The van der Waals surface area contributed by atoms with Gasteiger partial charge in [-0.25, -0.2) is 4.79 Å². The lowest BCUT2D eigenvalue weighted by atomic mass is 9.85. The zero-order valence-corrected chi connectivity index (χ0v) is 33.0. The molecule has 2 aliphatic rings. The van der Waals surface area contributed by atoms with E-state index in [0.29, 0.717) is 24.3 Å². The molecule has 298 valence electrons. The fourth-order valence-corrected chi connectivity index (χ4v) is 6.74. The number of carbonyl (C=O) groups is 4. The summed E-state index contributed by atoms with van der Waals surface area (Å²) in [5.74, 6) is -1.67. The van der Waals surface area contributed by atoms with Crippen LogP contribution in [0.4, 0.5) is 5.69 Å². The number of hydrogen-bond acceptors (Lipinski definition) is 12. The molecule has 3 rings (SSSR count). The van der Waals surface area contributed by atoms with E-state index in [1.807, 2.05) is 32.1 Å². The lowest BCUT2D eigenvalue weighted by molar-refractivity contribution is -0.162. The van der Waals surface area contributed by atoms with Crippen molar-refractivity contribution in [3.05, 3.63) is 57.0 Å². The summed E-state index contributed by atoms with van der Waals surface area (Å²) in [4.78, 5) is 57.7. The van der Waals surface area contributed by atoms with Crippen molar-refractivity contribution >= 4 is 41.5 Å². The number of carbonyl (C=O) groups excluding carboxylic acids is 4. The smallest absolute Gasteiger partial charge is 0.328 e. The van der Waals surface area contributed by atoms with Gasteiger partial charge in [-0.05, 0) is 50.4 Å². The fraction of sp³-hybridized carbons (Fsp3) is 0.622. The second-order valence-corrected chi connectivity index (χ2v) is 14.1. The lowest BCUT2D eigenvalue weighted by Crippen LogP contribution is -2.47. The number of fused-ring (bicyclic) bond motifs is 3. The summed E-state index contributed by atoms with van der Waals surface area (Å²) in [6, 6.07) is 1.99. The fourth-order valence-electron chi connectivity index (χ4n) is 6.42. The third kappa shape index (κ3) is 11.4. The van der Waals surface area contributed by atoms with Gasteiger partial charge in [0.1, 0.15) is 34.6 Å². The molecule has 1 aromatic carbocycles. The summed E-state index contributed by atoms with van der Waals surface area (Å²) in [6.45, 7) is 7.71. The summed E-state index contributed by atoms with van der Waals surface area (Å²) in [6.07, 6.45) is 3.00. The third-order valence-corrected chi connectivity index (χ3v) is 10.4. The van der Waals surface area contributed by atoms with E-state index in [1.54, 1.807) is 33.2 Å². The zero-order valence-electron chi connectivity index (χ0n) is 32.2. The number of allylic oxidation sites excluding steroid dienone is 3. The van der Waals surface area contributed by atoms with E-state index in [-0.39, 0.29) is 50.0 Å². The van der Waals surface area contributed by atoms with Gasteiger partial charge in [-0.15, -0.1) is 0 Å². The Balaban J connectivity index is 1.99. The molecule has 2 aliphatic heterocycles. The Labute approximate surface area is 321 Å². The number of amides is 2. The Morgan fingerprint density at radius 3 is 2.67 bits per heavy atom. The number of azide groups is 1. The molecule has 0 aromatic heterocycles. The number of nitrogens with two attached hydrogens (primary N) is 1. The minimum atomic E-state index is -1.20. The predicted octanol–water partition coefficient (Wildman–Crippen LogP) is 4.30. The molecule has 2 bridgehead atoms. The minimum Gasteiger partial charge on any atom is -0.495 e. The Morgan fingerprint density at radius 2 is 2.02 bits per heavy atom. The number of anilines is 1. The maximum Gasteiger partial charge on any atom is 0.328 e. The standard InChI is InChI=1S/C37H53ClN6O10/c1-22-10-9-11-28(49-7)26(39)19-29(52-21-45)23(2)35-37(4,54-35)31(20-33(47)44(6)27-17-25(16-22)18-30(50-8)34(27)38)53-36(48)24(3)43(5)32(46)12-14-51-15-13-41-42-40/h9-11,17-18,21,23-24,26,28-29,31,35H,12-16,19-20,39H2,1-8H3/b11-9+,22-10+/t23-,24+,26?,28?,29?,31?,35?,37-/m1/s1. The summed E-state index contributed by atoms with van der Waals surface area (Å²) < 4.78 is 34.4. The van der Waals surface area contributed by atoms with Gasteiger partial charge in [0.25, 0.3) is 6.47 Å². The molecule has 2 N–H and O–H groups in total. The normalized spacial score (nSPS) is 28.3. The molecular weight excluding hydrogens is 724 g/mol. The number of rotatable bonds is 13. The van der Waals surface area contributed by atoms with Crippen LogP contribution in [0.2, 0.25) is 5.02 Å².